The summed E-state index contributed by atoms with van der Waals surface area (Å²) in [5.41, 5.74) is -7.68. The molecule has 0 unspecified atom stereocenters. The summed E-state index contributed by atoms with van der Waals surface area (Å²) in [6, 6.07) is 4.33. The fraction of sp³-hybridized carbons (Fsp3) is 0.458. The summed E-state index contributed by atoms with van der Waals surface area (Å²) < 4.78 is 135. The number of carbonyl (C=O) groups is 1. The van der Waals surface area contributed by atoms with Gasteiger partial charge in [0.1, 0.15) is 10.6 Å². The van der Waals surface area contributed by atoms with Crippen molar-refractivity contribution < 1.29 is 48.3 Å². The van der Waals surface area contributed by atoms with Crippen LogP contribution >= 0.6 is 0 Å². The topological polar surface area (TPSA) is 54.5 Å². The number of benzene rings is 2. The number of halogens is 8. The van der Waals surface area contributed by atoms with Gasteiger partial charge in [0.2, 0.25) is 5.91 Å². The van der Waals surface area contributed by atoms with Crippen LogP contribution < -0.4 is 0 Å². The number of hydrogen-bond acceptors (Lipinski definition) is 3. The SMILES string of the molecule is CCC(=O)N1CC[C@@]2(S(=O)(=O)c3ccc(F)cc3)c3ccc(C(F)(C(F)(F)F)C(F)(F)F)cc3CC[C@@H]12. The molecule has 0 radical (unpaired) electrons. The fourth-order valence-corrected chi connectivity index (χ4v) is 7.92. The number of aryl methyl sites for hydroxylation is 1. The van der Waals surface area contributed by atoms with Crippen molar-refractivity contribution in [1.29, 1.82) is 0 Å². The zero-order chi connectivity index (χ0) is 27.6. The average Bonchev–Trinajstić information content (AvgIpc) is 3.23. The lowest BCUT2D eigenvalue weighted by atomic mass is 9.76. The molecule has 4 rings (SSSR count). The Balaban J connectivity index is 1.96. The zero-order valence-electron chi connectivity index (χ0n) is 19.3. The minimum absolute atomic E-state index is 0.0306. The smallest absolute Gasteiger partial charge is 0.338 e. The van der Waals surface area contributed by atoms with Gasteiger partial charge in [-0.3, -0.25) is 4.79 Å². The summed E-state index contributed by atoms with van der Waals surface area (Å²) in [4.78, 5) is 13.6. The van der Waals surface area contributed by atoms with Crippen molar-refractivity contribution in [2.24, 2.45) is 0 Å². The highest BCUT2D eigenvalue weighted by molar-refractivity contribution is 7.92. The van der Waals surface area contributed by atoms with E-state index in [0.717, 1.165) is 30.3 Å². The zero-order valence-corrected chi connectivity index (χ0v) is 20.1. The van der Waals surface area contributed by atoms with Crippen LogP contribution in [0.2, 0.25) is 0 Å². The van der Waals surface area contributed by atoms with Crippen molar-refractivity contribution in [2.75, 3.05) is 6.54 Å². The van der Waals surface area contributed by atoms with E-state index in [1.807, 2.05) is 0 Å². The molecule has 1 amide bonds. The lowest BCUT2D eigenvalue weighted by Crippen LogP contribution is -2.53. The van der Waals surface area contributed by atoms with Crippen molar-refractivity contribution in [2.45, 2.75) is 66.3 Å². The predicted octanol–water partition coefficient (Wildman–Crippen LogP) is 5.74. The first-order chi connectivity index (χ1) is 17.0. The van der Waals surface area contributed by atoms with Crippen LogP contribution in [0.4, 0.5) is 35.1 Å². The van der Waals surface area contributed by atoms with Gasteiger partial charge in [0.05, 0.1) is 10.9 Å². The molecule has 1 aliphatic carbocycles. The van der Waals surface area contributed by atoms with Gasteiger partial charge in [0.15, 0.2) is 9.84 Å². The Bertz CT molecular complexity index is 1310. The third-order valence-electron chi connectivity index (χ3n) is 7.29. The predicted molar refractivity (Wildman–Crippen MR) is 115 cm³/mol. The van der Waals surface area contributed by atoms with Gasteiger partial charge in [-0.25, -0.2) is 17.2 Å². The van der Waals surface area contributed by atoms with Gasteiger partial charge in [-0.15, -0.1) is 0 Å². The largest absolute Gasteiger partial charge is 0.435 e. The van der Waals surface area contributed by atoms with E-state index in [4.69, 9.17) is 0 Å². The van der Waals surface area contributed by atoms with Gasteiger partial charge in [-0.2, -0.15) is 26.3 Å². The van der Waals surface area contributed by atoms with Gasteiger partial charge in [0.25, 0.3) is 0 Å². The second-order valence-corrected chi connectivity index (χ2v) is 11.3. The monoisotopic (exact) mass is 555 g/mol. The molecule has 2 aliphatic rings. The molecule has 0 bridgehead atoms. The number of carbonyl (C=O) groups excluding carboxylic acids is 1. The Morgan fingerprint density at radius 3 is 2.14 bits per heavy atom. The van der Waals surface area contributed by atoms with Crippen LogP contribution in [0.15, 0.2) is 47.4 Å². The Labute approximate surface area is 207 Å². The number of amides is 1. The fourth-order valence-electron chi connectivity index (χ4n) is 5.56. The van der Waals surface area contributed by atoms with Crippen LogP contribution in [0.5, 0.6) is 0 Å². The van der Waals surface area contributed by atoms with E-state index in [-0.39, 0.29) is 54.2 Å². The third-order valence-corrected chi connectivity index (χ3v) is 9.84. The van der Waals surface area contributed by atoms with Crippen LogP contribution in [0.25, 0.3) is 0 Å². The number of alkyl halides is 7. The molecule has 2 atom stereocenters. The lowest BCUT2D eigenvalue weighted by molar-refractivity contribution is -0.348. The maximum absolute atomic E-state index is 14.8. The molecule has 0 spiro atoms. The maximum atomic E-state index is 14.8. The quantitative estimate of drug-likeness (QED) is 0.357. The third kappa shape index (κ3) is 3.83. The van der Waals surface area contributed by atoms with Gasteiger partial charge in [-0.1, -0.05) is 25.1 Å². The number of rotatable bonds is 4. The first-order valence-electron chi connectivity index (χ1n) is 11.3. The lowest BCUT2D eigenvalue weighted by Gasteiger charge is -2.43. The normalized spacial score (nSPS) is 22.5. The molecular formula is C24H21F8NO3S. The van der Waals surface area contributed by atoms with E-state index in [1.54, 1.807) is 6.92 Å². The highest BCUT2D eigenvalue weighted by Gasteiger charge is 2.73. The van der Waals surface area contributed by atoms with E-state index < -0.39 is 50.0 Å². The summed E-state index contributed by atoms with van der Waals surface area (Å²) in [6.45, 7) is 1.53. The highest BCUT2D eigenvalue weighted by Crippen LogP contribution is 2.56. The van der Waals surface area contributed by atoms with Crippen LogP contribution in [0.1, 0.15) is 42.9 Å². The molecule has 1 saturated heterocycles. The highest BCUT2D eigenvalue weighted by atomic mass is 32.2. The average molecular weight is 555 g/mol. The summed E-state index contributed by atoms with van der Waals surface area (Å²) in [6.07, 6.45) is -13.1. The van der Waals surface area contributed by atoms with Crippen molar-refractivity contribution in [3.05, 3.63) is 65.0 Å². The molecule has 202 valence electrons. The minimum atomic E-state index is -6.33. The standard InChI is InChI=1S/C24H21F8NO3S/c1-2-20(34)33-12-11-21(37(35,36)17-7-5-16(25)6-8-17)18-9-4-15(13-14(18)3-10-19(21)33)22(26,23(27,28)29)24(30,31)32/h4-9,13,19H,2-3,10-12H2,1H3/t19-,21-/m1/s1. The molecule has 0 N–H and O–H groups in total. The molecule has 1 aliphatic heterocycles. The number of hydrogen-bond donors (Lipinski definition) is 0. The molecule has 37 heavy (non-hydrogen) atoms. The molecule has 4 nitrogen and oxygen atoms in total. The Morgan fingerprint density at radius 1 is 1.00 bits per heavy atom. The van der Waals surface area contributed by atoms with Gasteiger partial charge in [0, 0.05) is 18.5 Å². The van der Waals surface area contributed by atoms with Crippen molar-refractivity contribution in [3.63, 3.8) is 0 Å². The van der Waals surface area contributed by atoms with Gasteiger partial charge >= 0.3 is 18.0 Å². The van der Waals surface area contributed by atoms with E-state index in [2.05, 4.69) is 0 Å². The van der Waals surface area contributed by atoms with E-state index in [1.165, 1.54) is 4.90 Å². The maximum Gasteiger partial charge on any atom is 0.435 e. The van der Waals surface area contributed by atoms with Crippen LogP contribution in [-0.2, 0) is 31.5 Å². The molecule has 0 saturated carbocycles. The van der Waals surface area contributed by atoms with Gasteiger partial charge in [-0.05, 0) is 54.7 Å². The first kappa shape index (κ1) is 27.3. The van der Waals surface area contributed by atoms with Crippen LogP contribution in [-0.4, -0.2) is 44.2 Å². The first-order valence-corrected chi connectivity index (χ1v) is 12.8. The Kier molecular flexibility index (Phi) is 6.41. The molecule has 0 aromatic heterocycles. The van der Waals surface area contributed by atoms with Crippen molar-refractivity contribution in [3.8, 4) is 0 Å². The number of likely N-dealkylation sites (tertiary alicyclic amines) is 1. The summed E-state index contributed by atoms with van der Waals surface area (Å²) >= 11 is 0. The van der Waals surface area contributed by atoms with Crippen LogP contribution in [0.3, 0.4) is 0 Å². The Morgan fingerprint density at radius 2 is 1.59 bits per heavy atom. The summed E-state index contributed by atoms with van der Waals surface area (Å²) in [5, 5.41) is 0. The Hall–Kier alpha value is -2.70. The van der Waals surface area contributed by atoms with Crippen molar-refractivity contribution in [1.82, 2.24) is 4.90 Å². The molecule has 1 fully saturated rings. The molecule has 2 aromatic carbocycles. The number of nitrogens with zero attached hydrogens (tertiary/aromatic N) is 1. The van der Waals surface area contributed by atoms with E-state index in [0.29, 0.717) is 12.1 Å². The summed E-state index contributed by atoms with van der Waals surface area (Å²) in [5.74, 6) is -1.10. The van der Waals surface area contributed by atoms with E-state index >= 15 is 0 Å². The minimum Gasteiger partial charge on any atom is -0.338 e. The van der Waals surface area contributed by atoms with Crippen molar-refractivity contribution >= 4 is 15.7 Å². The molecule has 2 aromatic rings. The summed E-state index contributed by atoms with van der Waals surface area (Å²) in [7, 11) is -4.47. The second kappa shape index (κ2) is 8.67. The molecular weight excluding hydrogens is 534 g/mol. The second-order valence-electron chi connectivity index (χ2n) is 9.12. The van der Waals surface area contributed by atoms with Gasteiger partial charge < -0.3 is 4.90 Å². The molecule has 1 heterocycles. The number of sulfone groups is 1. The number of fused-ring (bicyclic) bond motifs is 3. The van der Waals surface area contributed by atoms with E-state index in [9.17, 15) is 48.3 Å². The molecule has 13 heteroatoms. The van der Waals surface area contributed by atoms with Crippen LogP contribution in [0, 0.1) is 5.82 Å².